The molecule has 52 valence electrons. The molecular weight excluding hydrogens is 116 g/mol. The van der Waals surface area contributed by atoms with E-state index in [0.717, 1.165) is 0 Å². The lowest BCUT2D eigenvalue weighted by Gasteiger charge is -2.05. The molecule has 3 N–H and O–H groups in total. The van der Waals surface area contributed by atoms with Gasteiger partial charge in [0.25, 0.3) is 0 Å². The number of carbonyl (C=O) groups excluding carboxylic acids is 1. The van der Waals surface area contributed by atoms with Crippen molar-refractivity contribution in [1.29, 1.82) is 0 Å². The molecule has 3 nitrogen and oxygen atoms in total. The third kappa shape index (κ3) is 3.73. The highest BCUT2D eigenvalue weighted by Gasteiger charge is 2.03. The first kappa shape index (κ1) is 8.17. The molecular formula is C6H12N2O. The van der Waals surface area contributed by atoms with Gasteiger partial charge in [-0.2, -0.15) is 0 Å². The van der Waals surface area contributed by atoms with Crippen molar-refractivity contribution in [3.05, 3.63) is 12.7 Å². The second kappa shape index (κ2) is 4.09. The van der Waals surface area contributed by atoms with Crippen molar-refractivity contribution in [3.8, 4) is 0 Å². The molecule has 0 aliphatic heterocycles. The van der Waals surface area contributed by atoms with E-state index >= 15 is 0 Å². The number of amides is 1. The van der Waals surface area contributed by atoms with Gasteiger partial charge in [0.15, 0.2) is 0 Å². The predicted molar refractivity (Wildman–Crippen MR) is 36.9 cm³/mol. The van der Waals surface area contributed by atoms with E-state index in [9.17, 15) is 4.79 Å². The molecule has 0 radical (unpaired) electrons. The monoisotopic (exact) mass is 128 g/mol. The largest absolute Gasteiger partial charge is 0.368 e. The van der Waals surface area contributed by atoms with Gasteiger partial charge in [0.05, 0.1) is 6.04 Å². The maximum atomic E-state index is 10.3. The van der Waals surface area contributed by atoms with Gasteiger partial charge in [0, 0.05) is 6.54 Å². The normalized spacial score (nSPS) is 12.6. The highest BCUT2D eigenvalue weighted by atomic mass is 16.1. The summed E-state index contributed by atoms with van der Waals surface area (Å²) in [6, 6.07) is -0.261. The van der Waals surface area contributed by atoms with E-state index in [0.29, 0.717) is 6.54 Å². The minimum atomic E-state index is -0.336. The topological polar surface area (TPSA) is 55.1 Å². The molecule has 0 spiro atoms. The molecule has 0 aliphatic carbocycles. The van der Waals surface area contributed by atoms with Gasteiger partial charge in [-0.3, -0.25) is 4.79 Å². The van der Waals surface area contributed by atoms with Crippen LogP contribution < -0.4 is 11.1 Å². The smallest absolute Gasteiger partial charge is 0.234 e. The van der Waals surface area contributed by atoms with Crippen LogP contribution in [-0.2, 0) is 4.79 Å². The lowest BCUT2D eigenvalue weighted by atomic mass is 10.3. The van der Waals surface area contributed by atoms with Crippen LogP contribution in [0.4, 0.5) is 0 Å². The summed E-state index contributed by atoms with van der Waals surface area (Å²) in [6.07, 6.45) is 1.68. The van der Waals surface area contributed by atoms with Crippen molar-refractivity contribution >= 4 is 5.91 Å². The van der Waals surface area contributed by atoms with Crippen LogP contribution in [0.5, 0.6) is 0 Å². The molecule has 1 unspecified atom stereocenters. The molecule has 0 aromatic carbocycles. The summed E-state index contributed by atoms with van der Waals surface area (Å²) >= 11 is 0. The minimum absolute atomic E-state index is 0.261. The van der Waals surface area contributed by atoms with Crippen LogP contribution >= 0.6 is 0 Å². The molecule has 0 saturated heterocycles. The first-order valence-corrected chi connectivity index (χ1v) is 2.82. The van der Waals surface area contributed by atoms with Crippen molar-refractivity contribution in [2.45, 2.75) is 13.0 Å². The van der Waals surface area contributed by atoms with Crippen molar-refractivity contribution in [1.82, 2.24) is 5.32 Å². The molecule has 3 heteroatoms. The lowest BCUT2D eigenvalue weighted by molar-refractivity contribution is -0.119. The average Bonchev–Trinajstić information content (AvgIpc) is 1.82. The number of nitrogens with one attached hydrogen (secondary N) is 1. The van der Waals surface area contributed by atoms with Crippen molar-refractivity contribution in [3.63, 3.8) is 0 Å². The van der Waals surface area contributed by atoms with E-state index in [1.165, 1.54) is 0 Å². The summed E-state index contributed by atoms with van der Waals surface area (Å²) in [5, 5.41) is 2.84. The number of hydrogen-bond donors (Lipinski definition) is 2. The van der Waals surface area contributed by atoms with E-state index in [4.69, 9.17) is 5.73 Å². The lowest BCUT2D eigenvalue weighted by Crippen LogP contribution is -2.38. The van der Waals surface area contributed by atoms with Crippen LogP contribution in [-0.4, -0.2) is 18.5 Å². The standard InChI is InChI=1S/C6H12N2O/c1-3-4-8-5(2)6(7)9/h3,5,8H,1,4H2,2H3,(H2,7,9). The molecule has 1 amide bonds. The van der Waals surface area contributed by atoms with Gasteiger partial charge in [0.1, 0.15) is 0 Å². The second-order valence-corrected chi connectivity index (χ2v) is 1.82. The molecule has 0 heterocycles. The van der Waals surface area contributed by atoms with Gasteiger partial charge in [-0.1, -0.05) is 6.08 Å². The quantitative estimate of drug-likeness (QED) is 0.508. The van der Waals surface area contributed by atoms with Crippen molar-refractivity contribution in [2.24, 2.45) is 5.73 Å². The Balaban J connectivity index is 3.37. The second-order valence-electron chi connectivity index (χ2n) is 1.82. The van der Waals surface area contributed by atoms with Gasteiger partial charge >= 0.3 is 0 Å². The molecule has 0 aromatic heterocycles. The van der Waals surface area contributed by atoms with E-state index in [-0.39, 0.29) is 11.9 Å². The first-order chi connectivity index (χ1) is 4.18. The molecule has 1 atom stereocenters. The molecule has 0 fully saturated rings. The fourth-order valence-corrected chi connectivity index (χ4v) is 0.361. The fraction of sp³-hybridized carbons (Fsp3) is 0.500. The van der Waals surface area contributed by atoms with Crippen LogP contribution in [0.2, 0.25) is 0 Å². The van der Waals surface area contributed by atoms with Gasteiger partial charge in [-0.25, -0.2) is 0 Å². The summed E-state index contributed by atoms with van der Waals surface area (Å²) in [5.41, 5.74) is 4.94. The number of nitrogens with two attached hydrogens (primary N) is 1. The van der Waals surface area contributed by atoms with Gasteiger partial charge in [-0.05, 0) is 6.92 Å². The third-order valence-corrected chi connectivity index (χ3v) is 0.995. The van der Waals surface area contributed by atoms with Crippen molar-refractivity contribution in [2.75, 3.05) is 6.54 Å². The van der Waals surface area contributed by atoms with E-state index in [2.05, 4.69) is 11.9 Å². The van der Waals surface area contributed by atoms with E-state index < -0.39 is 0 Å². The van der Waals surface area contributed by atoms with Crippen molar-refractivity contribution < 1.29 is 4.79 Å². The van der Waals surface area contributed by atoms with Gasteiger partial charge < -0.3 is 11.1 Å². The Bertz CT molecular complexity index is 112. The van der Waals surface area contributed by atoms with Crippen LogP contribution in [0.25, 0.3) is 0 Å². The Labute approximate surface area is 54.9 Å². The van der Waals surface area contributed by atoms with Crippen LogP contribution in [0.3, 0.4) is 0 Å². The molecule has 0 bridgehead atoms. The Hall–Kier alpha value is -0.830. The van der Waals surface area contributed by atoms with E-state index in [1.807, 2.05) is 0 Å². The zero-order valence-electron chi connectivity index (χ0n) is 5.55. The highest BCUT2D eigenvalue weighted by Crippen LogP contribution is 1.75. The SMILES string of the molecule is C=CCNC(C)C(N)=O. The predicted octanol–water partition coefficient (Wildman–Crippen LogP) is -0.364. The Morgan fingerprint density at radius 2 is 2.56 bits per heavy atom. The summed E-state index contributed by atoms with van der Waals surface area (Å²) < 4.78 is 0. The van der Waals surface area contributed by atoms with Crippen LogP contribution in [0.15, 0.2) is 12.7 Å². The summed E-state index contributed by atoms with van der Waals surface area (Å²) in [6.45, 7) is 5.81. The Morgan fingerprint density at radius 1 is 2.00 bits per heavy atom. The zero-order valence-corrected chi connectivity index (χ0v) is 5.55. The number of carbonyl (C=O) groups is 1. The van der Waals surface area contributed by atoms with E-state index in [1.54, 1.807) is 13.0 Å². The fourth-order valence-electron chi connectivity index (χ4n) is 0.361. The highest BCUT2D eigenvalue weighted by molar-refractivity contribution is 5.79. The van der Waals surface area contributed by atoms with Crippen LogP contribution in [0.1, 0.15) is 6.92 Å². The minimum Gasteiger partial charge on any atom is -0.368 e. The molecule has 0 rings (SSSR count). The summed E-state index contributed by atoms with van der Waals surface area (Å²) in [4.78, 5) is 10.3. The molecule has 0 saturated carbocycles. The maximum Gasteiger partial charge on any atom is 0.234 e. The Morgan fingerprint density at radius 3 is 2.89 bits per heavy atom. The van der Waals surface area contributed by atoms with Gasteiger partial charge in [-0.15, -0.1) is 6.58 Å². The molecule has 9 heavy (non-hydrogen) atoms. The summed E-state index contributed by atoms with van der Waals surface area (Å²) in [5.74, 6) is -0.336. The number of hydrogen-bond acceptors (Lipinski definition) is 2. The number of primary amides is 1. The first-order valence-electron chi connectivity index (χ1n) is 2.82. The van der Waals surface area contributed by atoms with Gasteiger partial charge in [0.2, 0.25) is 5.91 Å². The molecule has 0 aromatic rings. The average molecular weight is 128 g/mol. The summed E-state index contributed by atoms with van der Waals surface area (Å²) in [7, 11) is 0. The third-order valence-electron chi connectivity index (χ3n) is 0.995. The maximum absolute atomic E-state index is 10.3. The van der Waals surface area contributed by atoms with Crippen LogP contribution in [0, 0.1) is 0 Å². The number of rotatable bonds is 4. The zero-order chi connectivity index (χ0) is 7.28. The Kier molecular flexibility index (Phi) is 3.71. The molecule has 0 aliphatic rings.